The number of alkyl halides is 2. The number of hydrogen-bond acceptors (Lipinski definition) is 4. The first-order valence-electron chi connectivity index (χ1n) is 9.59. The lowest BCUT2D eigenvalue weighted by atomic mass is 10.0. The van der Waals surface area contributed by atoms with Crippen LogP contribution in [0.1, 0.15) is 43.5 Å². The second kappa shape index (κ2) is 8.00. The number of aliphatic hydroxyl groups excluding tert-OH is 1. The Kier molecular flexibility index (Phi) is 5.89. The summed E-state index contributed by atoms with van der Waals surface area (Å²) in [6.45, 7) is 3.79. The van der Waals surface area contributed by atoms with Crippen LogP contribution in [0.25, 0.3) is 0 Å². The van der Waals surface area contributed by atoms with Gasteiger partial charge in [0.15, 0.2) is 0 Å². The highest BCUT2D eigenvalue weighted by Crippen LogP contribution is 2.39. The van der Waals surface area contributed by atoms with Gasteiger partial charge in [0, 0.05) is 18.2 Å². The van der Waals surface area contributed by atoms with Crippen LogP contribution in [0.2, 0.25) is 0 Å². The van der Waals surface area contributed by atoms with Gasteiger partial charge in [-0.3, -0.25) is 4.79 Å². The van der Waals surface area contributed by atoms with Gasteiger partial charge in [0.2, 0.25) is 0 Å². The summed E-state index contributed by atoms with van der Waals surface area (Å²) in [5, 5.41) is 12.1. The van der Waals surface area contributed by atoms with E-state index in [4.69, 9.17) is 9.84 Å². The van der Waals surface area contributed by atoms with E-state index in [9.17, 15) is 13.6 Å². The predicted molar refractivity (Wildman–Crippen MR) is 99.6 cm³/mol. The minimum Gasteiger partial charge on any atom is -0.491 e. The Bertz CT molecular complexity index is 671. The number of hydrogen-bond donors (Lipinski definition) is 2. The van der Waals surface area contributed by atoms with Gasteiger partial charge in [-0.1, -0.05) is 6.92 Å². The number of ether oxygens (including phenoxy) is 1. The zero-order valence-corrected chi connectivity index (χ0v) is 15.9. The Morgan fingerprint density at radius 2 is 2.07 bits per heavy atom. The molecule has 2 fully saturated rings. The van der Waals surface area contributed by atoms with Crippen LogP contribution >= 0.6 is 0 Å². The fraction of sp³-hybridized carbons (Fsp3) is 0.650. The fourth-order valence-electron chi connectivity index (χ4n) is 3.25. The summed E-state index contributed by atoms with van der Waals surface area (Å²) in [5.41, 5.74) is 1.06. The number of aliphatic hydroxyl groups is 1. The number of halogens is 2. The van der Waals surface area contributed by atoms with E-state index in [2.05, 4.69) is 5.32 Å². The molecule has 2 aliphatic rings. The van der Waals surface area contributed by atoms with Gasteiger partial charge in [0.25, 0.3) is 11.8 Å². The number of carbonyl (C=O) groups excluding carboxylic acids is 1. The van der Waals surface area contributed by atoms with Gasteiger partial charge >= 0.3 is 0 Å². The summed E-state index contributed by atoms with van der Waals surface area (Å²) in [6, 6.07) is 4.90. The van der Waals surface area contributed by atoms with Crippen LogP contribution in [0.15, 0.2) is 18.2 Å². The molecule has 1 amide bonds. The lowest BCUT2D eigenvalue weighted by Crippen LogP contribution is -2.56. The summed E-state index contributed by atoms with van der Waals surface area (Å²) in [7, 11) is 0. The summed E-state index contributed by atoms with van der Waals surface area (Å²) >= 11 is 0. The average molecular weight is 382 g/mol. The molecule has 2 N–H and O–H groups in total. The molecular formula is C20H28F2N2O3. The van der Waals surface area contributed by atoms with Crippen LogP contribution in [0.3, 0.4) is 0 Å². The molecule has 1 saturated heterocycles. The van der Waals surface area contributed by atoms with Crippen molar-refractivity contribution in [2.75, 3.05) is 31.2 Å². The van der Waals surface area contributed by atoms with E-state index in [0.717, 1.165) is 12.8 Å². The molecule has 0 spiro atoms. The smallest absolute Gasteiger partial charge is 0.282 e. The Labute approximate surface area is 158 Å². The normalized spacial score (nSPS) is 20.6. The highest BCUT2D eigenvalue weighted by atomic mass is 19.3. The van der Waals surface area contributed by atoms with Crippen molar-refractivity contribution in [2.45, 2.75) is 45.1 Å². The molecule has 7 heteroatoms. The summed E-state index contributed by atoms with van der Waals surface area (Å²) in [4.78, 5) is 14.1. The zero-order valence-electron chi connectivity index (χ0n) is 15.9. The molecule has 1 aromatic rings. The summed E-state index contributed by atoms with van der Waals surface area (Å²) in [5.74, 6) is -1.78. The maximum atomic E-state index is 13.2. The Balaban J connectivity index is 1.69. The second-order valence-electron chi connectivity index (χ2n) is 8.05. The number of rotatable bonds is 9. The molecule has 2 atom stereocenters. The zero-order chi connectivity index (χ0) is 19.6. The third kappa shape index (κ3) is 5.31. The molecule has 1 aliphatic heterocycles. The van der Waals surface area contributed by atoms with Gasteiger partial charge in [0.1, 0.15) is 5.75 Å². The molecule has 27 heavy (non-hydrogen) atoms. The first-order chi connectivity index (χ1) is 12.8. The minimum absolute atomic E-state index is 0.0779. The van der Waals surface area contributed by atoms with Crippen molar-refractivity contribution in [3.8, 4) is 5.75 Å². The van der Waals surface area contributed by atoms with Crippen LogP contribution < -0.4 is 15.0 Å². The maximum Gasteiger partial charge on any atom is 0.282 e. The fourth-order valence-corrected chi connectivity index (χ4v) is 3.25. The quantitative estimate of drug-likeness (QED) is 0.689. The minimum atomic E-state index is -2.66. The molecule has 1 aromatic carbocycles. The van der Waals surface area contributed by atoms with Gasteiger partial charge < -0.3 is 20.1 Å². The van der Waals surface area contributed by atoms with Crippen LogP contribution in [0, 0.1) is 11.8 Å². The van der Waals surface area contributed by atoms with Gasteiger partial charge in [-0.15, -0.1) is 0 Å². The highest BCUT2D eigenvalue weighted by Gasteiger charge is 2.45. The van der Waals surface area contributed by atoms with Gasteiger partial charge in [-0.25, -0.2) is 8.78 Å². The Morgan fingerprint density at radius 1 is 1.37 bits per heavy atom. The average Bonchev–Trinajstić information content (AvgIpc) is 3.41. The molecule has 0 aromatic heterocycles. The van der Waals surface area contributed by atoms with Crippen molar-refractivity contribution in [3.63, 3.8) is 0 Å². The molecule has 1 saturated carbocycles. The topological polar surface area (TPSA) is 61.8 Å². The Hall–Kier alpha value is -1.89. The van der Waals surface area contributed by atoms with Crippen molar-refractivity contribution in [2.24, 2.45) is 11.8 Å². The number of carbonyl (C=O) groups is 1. The van der Waals surface area contributed by atoms with E-state index in [-0.39, 0.29) is 37.6 Å². The largest absolute Gasteiger partial charge is 0.491 e. The lowest BCUT2D eigenvalue weighted by molar-refractivity contribution is -0.0265. The second-order valence-corrected chi connectivity index (χ2v) is 8.05. The van der Waals surface area contributed by atoms with Crippen molar-refractivity contribution in [1.82, 2.24) is 5.32 Å². The summed E-state index contributed by atoms with van der Waals surface area (Å²) < 4.78 is 32.4. The summed E-state index contributed by atoms with van der Waals surface area (Å²) in [6.07, 6.45) is 2.92. The highest BCUT2D eigenvalue weighted by molar-refractivity contribution is 5.95. The van der Waals surface area contributed by atoms with E-state index in [1.54, 1.807) is 23.1 Å². The van der Waals surface area contributed by atoms with Crippen LogP contribution in [-0.2, 0) is 0 Å². The number of nitrogens with one attached hydrogen (secondary N) is 1. The Morgan fingerprint density at radius 3 is 2.67 bits per heavy atom. The van der Waals surface area contributed by atoms with Gasteiger partial charge in [-0.2, -0.15) is 0 Å². The van der Waals surface area contributed by atoms with E-state index in [1.165, 1.54) is 0 Å². The molecule has 0 radical (unpaired) electrons. The number of amides is 1. The van der Waals surface area contributed by atoms with Crippen molar-refractivity contribution in [3.05, 3.63) is 23.8 Å². The van der Waals surface area contributed by atoms with Crippen molar-refractivity contribution < 1.29 is 23.4 Å². The van der Waals surface area contributed by atoms with Crippen molar-refractivity contribution >= 4 is 11.6 Å². The molecular weight excluding hydrogens is 354 g/mol. The molecule has 0 bridgehead atoms. The first-order valence-corrected chi connectivity index (χ1v) is 9.59. The number of anilines is 1. The third-order valence-electron chi connectivity index (χ3n) is 5.02. The van der Waals surface area contributed by atoms with Crippen LogP contribution in [-0.4, -0.2) is 49.3 Å². The molecule has 150 valence electrons. The third-order valence-corrected chi connectivity index (χ3v) is 5.02. The predicted octanol–water partition coefficient (Wildman–Crippen LogP) is 3.07. The van der Waals surface area contributed by atoms with E-state index in [0.29, 0.717) is 35.9 Å². The monoisotopic (exact) mass is 382 g/mol. The standard InChI is InChI=1S/C20H28F2N2O3/c1-13(9-25)7-14(2)23-19(26)16-5-6-17(24-11-20(21,22)12-24)18(8-16)27-10-15-3-4-15/h5-6,8,13-15,25H,3-4,7,9-12H2,1-2H3,(H,23,26)/t13?,14-/m0/s1. The van der Waals surface area contributed by atoms with Gasteiger partial charge in [0.05, 0.1) is 25.4 Å². The molecule has 3 rings (SSSR count). The van der Waals surface area contributed by atoms with Crippen LogP contribution in [0.4, 0.5) is 14.5 Å². The number of nitrogens with zero attached hydrogens (tertiary/aromatic N) is 1. The maximum absolute atomic E-state index is 13.2. The van der Waals surface area contributed by atoms with E-state index >= 15 is 0 Å². The van der Waals surface area contributed by atoms with Gasteiger partial charge in [-0.05, 0) is 56.2 Å². The van der Waals surface area contributed by atoms with Crippen LogP contribution in [0.5, 0.6) is 5.75 Å². The first kappa shape index (κ1) is 19.9. The molecule has 5 nitrogen and oxygen atoms in total. The lowest BCUT2D eigenvalue weighted by Gasteiger charge is -2.41. The number of benzene rings is 1. The van der Waals surface area contributed by atoms with E-state index in [1.807, 2.05) is 13.8 Å². The molecule has 1 heterocycles. The van der Waals surface area contributed by atoms with E-state index < -0.39 is 5.92 Å². The molecule has 1 aliphatic carbocycles. The van der Waals surface area contributed by atoms with Crippen molar-refractivity contribution in [1.29, 1.82) is 0 Å². The molecule has 1 unspecified atom stereocenters. The SMILES string of the molecule is CC(CO)C[C@H](C)NC(=O)c1ccc(N2CC(F)(F)C2)c(OCC2CC2)c1.